The van der Waals surface area contributed by atoms with E-state index in [1.807, 2.05) is 0 Å². The highest BCUT2D eigenvalue weighted by Gasteiger charge is 2.50. The molecule has 1 fully saturated rings. The molecule has 6 nitrogen and oxygen atoms in total. The Morgan fingerprint density at radius 3 is 2.47 bits per heavy atom. The van der Waals surface area contributed by atoms with E-state index in [1.165, 1.54) is 6.92 Å². The number of likely N-dealkylation sites (tertiary alicyclic amines) is 1. The number of amides is 3. The SMILES string of the molecule is CC1(C(=O)O)CCN(C(=O)Nc2ccccc2)C1=O. The van der Waals surface area contributed by atoms with Crippen molar-refractivity contribution in [3.63, 3.8) is 0 Å². The van der Waals surface area contributed by atoms with Crippen molar-refractivity contribution in [1.29, 1.82) is 0 Å². The molecule has 2 N–H and O–H groups in total. The molecule has 1 saturated heterocycles. The van der Waals surface area contributed by atoms with Crippen LogP contribution in [-0.4, -0.2) is 34.5 Å². The Kier molecular flexibility index (Phi) is 3.25. The number of nitrogens with zero attached hydrogens (tertiary/aromatic N) is 1. The molecule has 0 saturated carbocycles. The Morgan fingerprint density at radius 2 is 1.95 bits per heavy atom. The largest absolute Gasteiger partial charge is 0.480 e. The van der Waals surface area contributed by atoms with E-state index in [0.717, 1.165) is 4.90 Å². The summed E-state index contributed by atoms with van der Waals surface area (Å²) in [6.07, 6.45) is 0.128. The van der Waals surface area contributed by atoms with Gasteiger partial charge in [-0.2, -0.15) is 0 Å². The van der Waals surface area contributed by atoms with Gasteiger partial charge in [0.15, 0.2) is 0 Å². The molecule has 0 radical (unpaired) electrons. The molecule has 0 aliphatic carbocycles. The molecule has 3 amide bonds. The third-order valence-corrected chi connectivity index (χ3v) is 3.29. The lowest BCUT2D eigenvalue weighted by Crippen LogP contribution is -2.42. The standard InChI is InChI=1S/C13H14N2O4/c1-13(11(17)18)7-8-15(10(13)16)12(19)14-9-5-3-2-4-6-9/h2-6H,7-8H2,1H3,(H,14,19)(H,17,18). The number of carboxylic acid groups (broad SMARTS) is 1. The first-order valence-electron chi connectivity index (χ1n) is 5.86. The quantitative estimate of drug-likeness (QED) is 0.791. The van der Waals surface area contributed by atoms with E-state index in [-0.39, 0.29) is 13.0 Å². The molecule has 19 heavy (non-hydrogen) atoms. The lowest BCUT2D eigenvalue weighted by Gasteiger charge is -2.18. The molecule has 0 bridgehead atoms. The van der Waals surface area contributed by atoms with Crippen molar-refractivity contribution < 1.29 is 19.5 Å². The van der Waals surface area contributed by atoms with Crippen LogP contribution in [0.3, 0.4) is 0 Å². The van der Waals surface area contributed by atoms with Crippen molar-refractivity contribution in [2.75, 3.05) is 11.9 Å². The van der Waals surface area contributed by atoms with E-state index in [4.69, 9.17) is 5.11 Å². The van der Waals surface area contributed by atoms with Gasteiger partial charge in [-0.05, 0) is 25.5 Å². The number of benzene rings is 1. The van der Waals surface area contributed by atoms with Crippen LogP contribution in [0.5, 0.6) is 0 Å². The molecule has 0 spiro atoms. The first-order chi connectivity index (χ1) is 8.95. The zero-order valence-corrected chi connectivity index (χ0v) is 10.4. The van der Waals surface area contributed by atoms with Crippen molar-refractivity contribution in [3.05, 3.63) is 30.3 Å². The number of aliphatic carboxylic acids is 1. The second kappa shape index (κ2) is 4.72. The summed E-state index contributed by atoms with van der Waals surface area (Å²) in [7, 11) is 0. The van der Waals surface area contributed by atoms with Crippen LogP contribution < -0.4 is 5.32 Å². The Bertz CT molecular complexity index is 529. The van der Waals surface area contributed by atoms with Crippen molar-refractivity contribution in [2.45, 2.75) is 13.3 Å². The monoisotopic (exact) mass is 262 g/mol. The lowest BCUT2D eigenvalue weighted by molar-refractivity contribution is -0.154. The van der Waals surface area contributed by atoms with Gasteiger partial charge in [-0.1, -0.05) is 18.2 Å². The normalized spacial score (nSPS) is 22.4. The third kappa shape index (κ3) is 2.29. The van der Waals surface area contributed by atoms with Crippen molar-refractivity contribution >= 4 is 23.6 Å². The predicted molar refractivity (Wildman–Crippen MR) is 67.5 cm³/mol. The van der Waals surface area contributed by atoms with Crippen molar-refractivity contribution in [2.24, 2.45) is 5.41 Å². The van der Waals surface area contributed by atoms with Gasteiger partial charge in [0, 0.05) is 12.2 Å². The van der Waals surface area contributed by atoms with Crippen LogP contribution in [0.25, 0.3) is 0 Å². The highest BCUT2D eigenvalue weighted by molar-refractivity contribution is 6.11. The number of urea groups is 1. The average Bonchev–Trinajstić information content (AvgIpc) is 2.69. The number of carbonyl (C=O) groups excluding carboxylic acids is 2. The van der Waals surface area contributed by atoms with Crippen LogP contribution in [0, 0.1) is 5.41 Å². The number of imide groups is 1. The van der Waals surface area contributed by atoms with Gasteiger partial charge >= 0.3 is 12.0 Å². The number of hydrogen-bond donors (Lipinski definition) is 2. The van der Waals surface area contributed by atoms with Gasteiger partial charge in [0.05, 0.1) is 0 Å². The minimum Gasteiger partial charge on any atom is -0.480 e. The second-order valence-electron chi connectivity index (χ2n) is 4.64. The van der Waals surface area contributed by atoms with Crippen LogP contribution in [0.1, 0.15) is 13.3 Å². The fourth-order valence-electron chi connectivity index (χ4n) is 1.95. The van der Waals surface area contributed by atoms with E-state index < -0.39 is 23.3 Å². The smallest absolute Gasteiger partial charge is 0.328 e. The van der Waals surface area contributed by atoms with Crippen LogP contribution in [-0.2, 0) is 9.59 Å². The molecular weight excluding hydrogens is 248 g/mol. The molecule has 1 heterocycles. The highest BCUT2D eigenvalue weighted by Crippen LogP contribution is 2.32. The van der Waals surface area contributed by atoms with E-state index in [1.54, 1.807) is 30.3 Å². The molecule has 1 atom stereocenters. The molecule has 2 rings (SSSR count). The van der Waals surface area contributed by atoms with E-state index in [2.05, 4.69) is 5.32 Å². The number of anilines is 1. The van der Waals surface area contributed by atoms with Crippen LogP contribution in [0.2, 0.25) is 0 Å². The lowest BCUT2D eigenvalue weighted by atomic mass is 9.89. The summed E-state index contributed by atoms with van der Waals surface area (Å²) in [5.74, 6) is -1.87. The number of carbonyl (C=O) groups is 3. The maximum atomic E-state index is 12.0. The highest BCUT2D eigenvalue weighted by atomic mass is 16.4. The maximum Gasteiger partial charge on any atom is 0.328 e. The molecule has 1 aromatic rings. The number of carboxylic acids is 1. The first-order valence-corrected chi connectivity index (χ1v) is 5.86. The van der Waals surface area contributed by atoms with Gasteiger partial charge in [0.1, 0.15) is 5.41 Å². The molecule has 100 valence electrons. The summed E-state index contributed by atoms with van der Waals surface area (Å²) in [6.45, 7) is 1.45. The average molecular weight is 262 g/mol. The second-order valence-corrected chi connectivity index (χ2v) is 4.64. The number of rotatable bonds is 2. The first kappa shape index (κ1) is 13.1. The molecule has 1 unspecified atom stereocenters. The van der Waals surface area contributed by atoms with Crippen LogP contribution in [0.4, 0.5) is 10.5 Å². The predicted octanol–water partition coefficient (Wildman–Crippen LogP) is 1.54. The van der Waals surface area contributed by atoms with Gasteiger partial charge < -0.3 is 10.4 Å². The summed E-state index contributed by atoms with van der Waals surface area (Å²) in [6, 6.07) is 8.09. The maximum absolute atomic E-state index is 12.0. The summed E-state index contributed by atoms with van der Waals surface area (Å²) >= 11 is 0. The fraction of sp³-hybridized carbons (Fsp3) is 0.308. The zero-order chi connectivity index (χ0) is 14.0. The van der Waals surface area contributed by atoms with Gasteiger partial charge in [-0.25, -0.2) is 4.79 Å². The van der Waals surface area contributed by atoms with Crippen molar-refractivity contribution in [3.8, 4) is 0 Å². The zero-order valence-electron chi connectivity index (χ0n) is 10.4. The Morgan fingerprint density at radius 1 is 1.32 bits per heavy atom. The van der Waals surface area contributed by atoms with E-state index >= 15 is 0 Å². The Labute approximate surface area is 110 Å². The van der Waals surface area contributed by atoms with Gasteiger partial charge in [0.2, 0.25) is 5.91 Å². The van der Waals surface area contributed by atoms with Crippen LogP contribution >= 0.6 is 0 Å². The minimum atomic E-state index is -1.51. The van der Waals surface area contributed by atoms with E-state index in [0.29, 0.717) is 5.69 Å². The fourth-order valence-corrected chi connectivity index (χ4v) is 1.95. The van der Waals surface area contributed by atoms with Gasteiger partial charge in [-0.15, -0.1) is 0 Å². The third-order valence-electron chi connectivity index (χ3n) is 3.29. The number of para-hydroxylation sites is 1. The minimum absolute atomic E-state index is 0.111. The Balaban J connectivity index is 2.10. The Hall–Kier alpha value is -2.37. The summed E-state index contributed by atoms with van der Waals surface area (Å²) < 4.78 is 0. The summed E-state index contributed by atoms with van der Waals surface area (Å²) in [5, 5.41) is 11.6. The molecular formula is C13H14N2O4. The molecule has 1 aliphatic heterocycles. The summed E-state index contributed by atoms with van der Waals surface area (Å²) in [5.41, 5.74) is -0.946. The summed E-state index contributed by atoms with van der Waals surface area (Å²) in [4.78, 5) is 35.9. The molecule has 0 aromatic heterocycles. The molecule has 1 aliphatic rings. The topological polar surface area (TPSA) is 86.7 Å². The van der Waals surface area contributed by atoms with Gasteiger partial charge in [0.25, 0.3) is 0 Å². The van der Waals surface area contributed by atoms with E-state index in [9.17, 15) is 14.4 Å². The van der Waals surface area contributed by atoms with Gasteiger partial charge in [-0.3, -0.25) is 14.5 Å². The molecule has 1 aromatic carbocycles. The molecule has 6 heteroatoms. The number of nitrogens with one attached hydrogen (secondary N) is 1. The van der Waals surface area contributed by atoms with Crippen LogP contribution in [0.15, 0.2) is 30.3 Å². The number of hydrogen-bond acceptors (Lipinski definition) is 3. The van der Waals surface area contributed by atoms with Crippen molar-refractivity contribution in [1.82, 2.24) is 4.90 Å².